The summed E-state index contributed by atoms with van der Waals surface area (Å²) < 4.78 is 0. The summed E-state index contributed by atoms with van der Waals surface area (Å²) in [5.74, 6) is -0.897. The van der Waals surface area contributed by atoms with E-state index in [-0.39, 0.29) is 18.1 Å². The molecule has 1 heterocycles. The van der Waals surface area contributed by atoms with Gasteiger partial charge in [0, 0.05) is 17.7 Å². The summed E-state index contributed by atoms with van der Waals surface area (Å²) in [6, 6.07) is 0. The molecule has 2 rings (SSSR count). The lowest BCUT2D eigenvalue weighted by molar-refractivity contribution is -0.138. The van der Waals surface area contributed by atoms with Gasteiger partial charge in [-0.2, -0.15) is 0 Å². The number of aromatic nitrogens is 1. The first-order valence-electron chi connectivity index (χ1n) is 4.77. The Morgan fingerprint density at radius 2 is 2.33 bits per heavy atom. The standard InChI is InChI=1S/C10H11NO3S/c1-5-11-10-7(12)2-6(4-9(13)14)3-8(10)15-5/h6H,2-4H2,1H3,(H,13,14). The third-order valence-electron chi connectivity index (χ3n) is 2.48. The molecular formula is C10H11NO3S. The molecule has 1 aliphatic rings. The van der Waals surface area contributed by atoms with E-state index in [4.69, 9.17) is 5.11 Å². The molecule has 4 nitrogen and oxygen atoms in total. The van der Waals surface area contributed by atoms with E-state index in [9.17, 15) is 9.59 Å². The highest BCUT2D eigenvalue weighted by molar-refractivity contribution is 7.11. The summed E-state index contributed by atoms with van der Waals surface area (Å²) in [4.78, 5) is 27.3. The van der Waals surface area contributed by atoms with Gasteiger partial charge in [0.2, 0.25) is 0 Å². The smallest absolute Gasteiger partial charge is 0.303 e. The number of ketones is 1. The molecule has 1 aliphatic carbocycles. The summed E-state index contributed by atoms with van der Waals surface area (Å²) in [6.07, 6.45) is 1.07. The maximum Gasteiger partial charge on any atom is 0.303 e. The average Bonchev–Trinajstić information content (AvgIpc) is 2.44. The monoisotopic (exact) mass is 225 g/mol. The molecule has 0 spiro atoms. The summed E-state index contributed by atoms with van der Waals surface area (Å²) in [5.41, 5.74) is 0.569. The van der Waals surface area contributed by atoms with Crippen molar-refractivity contribution in [1.82, 2.24) is 4.98 Å². The van der Waals surface area contributed by atoms with Crippen LogP contribution in [-0.2, 0) is 11.2 Å². The Hall–Kier alpha value is -1.23. The highest BCUT2D eigenvalue weighted by Crippen LogP contribution is 2.31. The molecule has 0 bridgehead atoms. The molecule has 0 saturated heterocycles. The number of fused-ring (bicyclic) bond motifs is 1. The van der Waals surface area contributed by atoms with Crippen molar-refractivity contribution in [2.75, 3.05) is 0 Å². The van der Waals surface area contributed by atoms with Gasteiger partial charge in [-0.05, 0) is 19.3 Å². The molecule has 15 heavy (non-hydrogen) atoms. The van der Waals surface area contributed by atoms with Gasteiger partial charge in [-0.25, -0.2) is 4.98 Å². The number of nitrogens with zero attached hydrogens (tertiary/aromatic N) is 1. The number of Topliss-reactive ketones (excluding diaryl/α,β-unsaturated/α-hetero) is 1. The van der Waals surface area contributed by atoms with E-state index >= 15 is 0 Å². The van der Waals surface area contributed by atoms with Crippen LogP contribution in [-0.4, -0.2) is 21.8 Å². The minimum absolute atomic E-state index is 0.00755. The predicted molar refractivity (Wildman–Crippen MR) is 55.2 cm³/mol. The lowest BCUT2D eigenvalue weighted by Crippen LogP contribution is -2.21. The second-order valence-corrected chi connectivity index (χ2v) is 5.09. The van der Waals surface area contributed by atoms with Crippen LogP contribution in [0.5, 0.6) is 0 Å². The van der Waals surface area contributed by atoms with Gasteiger partial charge in [0.25, 0.3) is 0 Å². The van der Waals surface area contributed by atoms with E-state index in [1.807, 2.05) is 6.92 Å². The molecule has 1 aromatic heterocycles. The number of aliphatic carboxylic acids is 1. The van der Waals surface area contributed by atoms with E-state index in [1.165, 1.54) is 11.3 Å². The van der Waals surface area contributed by atoms with Gasteiger partial charge in [0.1, 0.15) is 5.69 Å². The maximum atomic E-state index is 11.6. The molecule has 0 saturated carbocycles. The van der Waals surface area contributed by atoms with Crippen molar-refractivity contribution in [3.05, 3.63) is 15.6 Å². The normalized spacial score (nSPS) is 20.1. The Labute approximate surface area is 91.0 Å². The largest absolute Gasteiger partial charge is 0.481 e. The lowest BCUT2D eigenvalue weighted by atomic mass is 9.88. The zero-order valence-corrected chi connectivity index (χ0v) is 9.13. The second-order valence-electron chi connectivity index (χ2n) is 3.80. The Kier molecular flexibility index (Phi) is 2.56. The van der Waals surface area contributed by atoms with Crippen molar-refractivity contribution >= 4 is 23.1 Å². The molecule has 0 fully saturated rings. The van der Waals surface area contributed by atoms with Crippen LogP contribution in [0.4, 0.5) is 0 Å². The van der Waals surface area contributed by atoms with Gasteiger partial charge in [-0.15, -0.1) is 11.3 Å². The fourth-order valence-corrected chi connectivity index (χ4v) is 2.98. The van der Waals surface area contributed by atoms with Gasteiger partial charge < -0.3 is 5.11 Å². The number of rotatable bonds is 2. The third-order valence-corrected chi connectivity index (χ3v) is 3.47. The van der Waals surface area contributed by atoms with Crippen molar-refractivity contribution in [1.29, 1.82) is 0 Å². The Morgan fingerprint density at radius 3 is 3.00 bits per heavy atom. The SMILES string of the molecule is Cc1nc2c(s1)CC(CC(=O)O)CC2=O. The second kappa shape index (κ2) is 3.73. The first kappa shape index (κ1) is 10.3. The average molecular weight is 225 g/mol. The molecule has 1 atom stereocenters. The quantitative estimate of drug-likeness (QED) is 0.831. The molecule has 5 heteroatoms. The maximum absolute atomic E-state index is 11.6. The van der Waals surface area contributed by atoms with Gasteiger partial charge in [-0.1, -0.05) is 0 Å². The van der Waals surface area contributed by atoms with Crippen LogP contribution < -0.4 is 0 Å². The van der Waals surface area contributed by atoms with Crippen molar-refractivity contribution in [3.63, 3.8) is 0 Å². The number of aryl methyl sites for hydroxylation is 1. The molecule has 0 aliphatic heterocycles. The molecule has 0 aromatic carbocycles. The Bertz CT molecular complexity index is 424. The van der Waals surface area contributed by atoms with E-state index < -0.39 is 5.97 Å². The first-order valence-corrected chi connectivity index (χ1v) is 5.59. The molecule has 0 amide bonds. The number of hydrogen-bond acceptors (Lipinski definition) is 4. The van der Waals surface area contributed by atoms with Crippen molar-refractivity contribution in [2.24, 2.45) is 5.92 Å². The summed E-state index contributed by atoms with van der Waals surface area (Å²) in [6.45, 7) is 1.86. The van der Waals surface area contributed by atoms with Crippen LogP contribution >= 0.6 is 11.3 Å². The highest BCUT2D eigenvalue weighted by Gasteiger charge is 2.29. The first-order chi connectivity index (χ1) is 7.06. The van der Waals surface area contributed by atoms with Crippen molar-refractivity contribution in [3.8, 4) is 0 Å². The van der Waals surface area contributed by atoms with E-state index in [2.05, 4.69) is 4.98 Å². The molecule has 1 N–H and O–H groups in total. The highest BCUT2D eigenvalue weighted by atomic mass is 32.1. The van der Waals surface area contributed by atoms with E-state index in [0.717, 1.165) is 9.88 Å². The Balaban J connectivity index is 2.22. The Morgan fingerprint density at radius 1 is 1.60 bits per heavy atom. The van der Waals surface area contributed by atoms with E-state index in [1.54, 1.807) is 0 Å². The molecule has 80 valence electrons. The van der Waals surface area contributed by atoms with Crippen molar-refractivity contribution in [2.45, 2.75) is 26.2 Å². The number of hydrogen-bond donors (Lipinski definition) is 1. The minimum atomic E-state index is -0.836. The van der Waals surface area contributed by atoms with Gasteiger partial charge in [0.05, 0.1) is 5.01 Å². The topological polar surface area (TPSA) is 67.3 Å². The minimum Gasteiger partial charge on any atom is -0.481 e. The molecule has 1 unspecified atom stereocenters. The molecular weight excluding hydrogens is 214 g/mol. The van der Waals surface area contributed by atoms with Crippen LogP contribution in [0, 0.1) is 12.8 Å². The summed E-state index contributed by atoms with van der Waals surface area (Å²) in [5, 5.41) is 9.56. The van der Waals surface area contributed by atoms with Gasteiger partial charge in [-0.3, -0.25) is 9.59 Å². The molecule has 0 radical (unpaired) electrons. The van der Waals surface area contributed by atoms with Gasteiger partial charge in [0.15, 0.2) is 5.78 Å². The van der Waals surface area contributed by atoms with Crippen molar-refractivity contribution < 1.29 is 14.7 Å². The van der Waals surface area contributed by atoms with Crippen LogP contribution in [0.3, 0.4) is 0 Å². The van der Waals surface area contributed by atoms with Crippen LogP contribution in [0.25, 0.3) is 0 Å². The lowest BCUT2D eigenvalue weighted by Gasteiger charge is -2.17. The number of carbonyl (C=O) groups is 2. The number of carboxylic acids is 1. The van der Waals surface area contributed by atoms with Crippen LogP contribution in [0.1, 0.15) is 33.2 Å². The number of thiazole rings is 1. The number of carbonyl (C=O) groups excluding carboxylic acids is 1. The van der Waals surface area contributed by atoms with Crippen LogP contribution in [0.2, 0.25) is 0 Å². The zero-order chi connectivity index (χ0) is 11.0. The zero-order valence-electron chi connectivity index (χ0n) is 8.32. The number of carboxylic acid groups (broad SMARTS) is 1. The third kappa shape index (κ3) is 2.07. The fourth-order valence-electron chi connectivity index (χ4n) is 1.91. The predicted octanol–water partition coefficient (Wildman–Crippen LogP) is 1.67. The fraction of sp³-hybridized carbons (Fsp3) is 0.500. The molecule has 1 aromatic rings. The summed E-state index contributed by atoms with van der Waals surface area (Å²) in [7, 11) is 0. The summed E-state index contributed by atoms with van der Waals surface area (Å²) >= 11 is 1.50. The van der Waals surface area contributed by atoms with Crippen LogP contribution in [0.15, 0.2) is 0 Å². The van der Waals surface area contributed by atoms with Gasteiger partial charge >= 0.3 is 5.97 Å². The van der Waals surface area contributed by atoms with E-state index in [0.29, 0.717) is 18.5 Å².